The van der Waals surface area contributed by atoms with Crippen molar-refractivity contribution in [3.63, 3.8) is 0 Å². The fraction of sp³-hybridized carbons (Fsp3) is 0. The molecule has 1 aromatic carbocycles. The van der Waals surface area contributed by atoms with E-state index >= 15 is 0 Å². The van der Waals surface area contributed by atoms with E-state index in [9.17, 15) is 4.39 Å². The maximum atomic E-state index is 13.2. The third-order valence-corrected chi connectivity index (χ3v) is 2.56. The highest BCUT2D eigenvalue weighted by molar-refractivity contribution is 5.86. The van der Waals surface area contributed by atoms with Crippen molar-refractivity contribution in [2.24, 2.45) is 5.84 Å². The Morgan fingerprint density at radius 1 is 1.28 bits per heavy atom. The van der Waals surface area contributed by atoms with Gasteiger partial charge in [-0.1, -0.05) is 6.07 Å². The third kappa shape index (κ3) is 1.57. The number of nitrogens with two attached hydrogens (primary N) is 1. The third-order valence-electron chi connectivity index (χ3n) is 2.56. The van der Waals surface area contributed by atoms with Gasteiger partial charge in [-0.2, -0.15) is 5.10 Å². The lowest BCUT2D eigenvalue weighted by Gasteiger charge is -2.03. The molecule has 0 saturated heterocycles. The average Bonchev–Trinajstić information content (AvgIpc) is 2.82. The van der Waals surface area contributed by atoms with Gasteiger partial charge in [0.05, 0.1) is 17.3 Å². The summed E-state index contributed by atoms with van der Waals surface area (Å²) >= 11 is 0. The van der Waals surface area contributed by atoms with Crippen LogP contribution in [0.2, 0.25) is 0 Å². The molecule has 0 radical (unpaired) electrons. The van der Waals surface area contributed by atoms with E-state index in [2.05, 4.69) is 20.5 Å². The van der Waals surface area contributed by atoms with Crippen molar-refractivity contribution in [3.05, 3.63) is 42.6 Å². The van der Waals surface area contributed by atoms with Crippen molar-refractivity contribution in [1.29, 1.82) is 0 Å². The molecule has 6 nitrogen and oxygen atoms in total. The van der Waals surface area contributed by atoms with Gasteiger partial charge in [0.15, 0.2) is 11.5 Å². The molecule has 3 N–H and O–H groups in total. The standard InChI is InChI=1S/C11H9FN6/c12-7-2-1-3-8(4-7)18-11-9(5-16-18)10(17-13)14-6-15-11/h1-6H,13H2,(H,14,15,17). The van der Waals surface area contributed by atoms with Crippen molar-refractivity contribution in [2.45, 2.75) is 0 Å². The number of benzene rings is 1. The van der Waals surface area contributed by atoms with Crippen LogP contribution in [0.4, 0.5) is 10.2 Å². The molecule has 0 bridgehead atoms. The molecule has 0 amide bonds. The molecule has 0 aliphatic rings. The summed E-state index contributed by atoms with van der Waals surface area (Å²) in [7, 11) is 0. The number of hydrogen-bond acceptors (Lipinski definition) is 5. The van der Waals surface area contributed by atoms with Gasteiger partial charge in [0.25, 0.3) is 0 Å². The molecule has 90 valence electrons. The Morgan fingerprint density at radius 3 is 2.94 bits per heavy atom. The molecule has 2 heterocycles. The highest BCUT2D eigenvalue weighted by Gasteiger charge is 2.10. The van der Waals surface area contributed by atoms with E-state index < -0.39 is 0 Å². The number of anilines is 1. The van der Waals surface area contributed by atoms with E-state index in [1.807, 2.05) is 0 Å². The van der Waals surface area contributed by atoms with Gasteiger partial charge in [-0.05, 0) is 18.2 Å². The topological polar surface area (TPSA) is 81.7 Å². The number of nitrogens with zero attached hydrogens (tertiary/aromatic N) is 4. The second-order valence-electron chi connectivity index (χ2n) is 3.64. The minimum atomic E-state index is -0.331. The first-order valence-corrected chi connectivity index (χ1v) is 5.21. The Bertz CT molecular complexity index is 708. The van der Waals surface area contributed by atoms with Crippen molar-refractivity contribution < 1.29 is 4.39 Å². The zero-order valence-electron chi connectivity index (χ0n) is 9.21. The molecule has 18 heavy (non-hydrogen) atoms. The highest BCUT2D eigenvalue weighted by Crippen LogP contribution is 2.20. The molecule has 3 rings (SSSR count). The number of rotatable bonds is 2. The zero-order chi connectivity index (χ0) is 12.5. The molecule has 2 aromatic heterocycles. The second-order valence-corrected chi connectivity index (χ2v) is 3.64. The summed E-state index contributed by atoms with van der Waals surface area (Å²) in [6.07, 6.45) is 2.95. The lowest BCUT2D eigenvalue weighted by molar-refractivity contribution is 0.625. The van der Waals surface area contributed by atoms with Gasteiger partial charge in [-0.15, -0.1) is 0 Å². The molecule has 0 atom stereocenters. The van der Waals surface area contributed by atoms with E-state index in [1.54, 1.807) is 18.3 Å². The zero-order valence-corrected chi connectivity index (χ0v) is 9.21. The number of nitrogen functional groups attached to an aromatic ring is 1. The van der Waals surface area contributed by atoms with Gasteiger partial charge in [0, 0.05) is 0 Å². The maximum absolute atomic E-state index is 13.2. The highest BCUT2D eigenvalue weighted by atomic mass is 19.1. The first-order valence-electron chi connectivity index (χ1n) is 5.21. The minimum Gasteiger partial charge on any atom is -0.308 e. The Hall–Kier alpha value is -2.54. The molecular formula is C11H9FN6. The molecule has 3 aromatic rings. The Kier molecular flexibility index (Phi) is 2.38. The van der Waals surface area contributed by atoms with Crippen molar-refractivity contribution in [1.82, 2.24) is 19.7 Å². The van der Waals surface area contributed by atoms with Gasteiger partial charge in [-0.25, -0.2) is 24.9 Å². The van der Waals surface area contributed by atoms with Crippen LogP contribution >= 0.6 is 0 Å². The summed E-state index contributed by atoms with van der Waals surface area (Å²) in [5.41, 5.74) is 3.62. The summed E-state index contributed by atoms with van der Waals surface area (Å²) in [5, 5.41) is 4.84. The number of aromatic nitrogens is 4. The van der Waals surface area contributed by atoms with E-state index in [4.69, 9.17) is 5.84 Å². The SMILES string of the molecule is NNc1ncnc2c1cnn2-c1cccc(F)c1. The van der Waals surface area contributed by atoms with Gasteiger partial charge in [-0.3, -0.25) is 0 Å². The number of fused-ring (bicyclic) bond motifs is 1. The van der Waals surface area contributed by atoms with Crippen molar-refractivity contribution in [3.8, 4) is 5.69 Å². The van der Waals surface area contributed by atoms with E-state index in [-0.39, 0.29) is 5.82 Å². The summed E-state index contributed by atoms with van der Waals surface area (Å²) in [6.45, 7) is 0. The van der Waals surface area contributed by atoms with Gasteiger partial charge >= 0.3 is 0 Å². The Morgan fingerprint density at radius 2 is 2.17 bits per heavy atom. The van der Waals surface area contributed by atoms with Crippen molar-refractivity contribution in [2.75, 3.05) is 5.43 Å². The first-order chi connectivity index (χ1) is 8.79. The van der Waals surface area contributed by atoms with Gasteiger partial charge < -0.3 is 5.43 Å². The molecule has 0 saturated carbocycles. The van der Waals surface area contributed by atoms with Crippen LogP contribution in [-0.4, -0.2) is 19.7 Å². The van der Waals surface area contributed by atoms with Crippen LogP contribution in [0.25, 0.3) is 16.7 Å². The predicted octanol–water partition coefficient (Wildman–Crippen LogP) is 1.24. The van der Waals surface area contributed by atoms with Crippen LogP contribution in [0.1, 0.15) is 0 Å². The van der Waals surface area contributed by atoms with Crippen LogP contribution in [0.5, 0.6) is 0 Å². The first kappa shape index (κ1) is 10.6. The van der Waals surface area contributed by atoms with Crippen molar-refractivity contribution >= 4 is 16.9 Å². The monoisotopic (exact) mass is 244 g/mol. The average molecular weight is 244 g/mol. The summed E-state index contributed by atoms with van der Waals surface area (Å²) in [4.78, 5) is 8.10. The van der Waals surface area contributed by atoms with Crippen LogP contribution in [0.3, 0.4) is 0 Å². The van der Waals surface area contributed by atoms with E-state index in [0.717, 1.165) is 0 Å². The van der Waals surface area contributed by atoms with Crippen LogP contribution in [0.15, 0.2) is 36.8 Å². The fourth-order valence-electron chi connectivity index (χ4n) is 1.76. The van der Waals surface area contributed by atoms with Crippen LogP contribution in [0, 0.1) is 5.82 Å². The number of hydrazine groups is 1. The fourth-order valence-corrected chi connectivity index (χ4v) is 1.76. The van der Waals surface area contributed by atoms with Crippen LogP contribution in [-0.2, 0) is 0 Å². The largest absolute Gasteiger partial charge is 0.308 e. The Labute approximate surface area is 101 Å². The summed E-state index contributed by atoms with van der Waals surface area (Å²) in [6, 6.07) is 6.11. The minimum absolute atomic E-state index is 0.331. The number of halogens is 1. The maximum Gasteiger partial charge on any atom is 0.168 e. The lowest BCUT2D eigenvalue weighted by atomic mass is 10.3. The lowest BCUT2D eigenvalue weighted by Crippen LogP contribution is -2.09. The molecule has 7 heteroatoms. The summed E-state index contributed by atoms with van der Waals surface area (Å²) < 4.78 is 14.7. The number of nitrogens with one attached hydrogen (secondary N) is 1. The molecule has 0 unspecified atom stereocenters. The summed E-state index contributed by atoms with van der Waals surface area (Å²) in [5.74, 6) is 5.49. The smallest absolute Gasteiger partial charge is 0.168 e. The molecule has 0 spiro atoms. The van der Waals surface area contributed by atoms with E-state index in [0.29, 0.717) is 22.5 Å². The van der Waals surface area contributed by atoms with Gasteiger partial charge in [0.2, 0.25) is 0 Å². The molecular weight excluding hydrogens is 235 g/mol. The predicted molar refractivity (Wildman–Crippen MR) is 64.4 cm³/mol. The second kappa shape index (κ2) is 4.04. The molecule has 0 aliphatic carbocycles. The Balaban J connectivity index is 2.25. The molecule has 0 aliphatic heterocycles. The normalized spacial score (nSPS) is 10.8. The van der Waals surface area contributed by atoms with Crippen LogP contribution < -0.4 is 11.3 Å². The van der Waals surface area contributed by atoms with Gasteiger partial charge in [0.1, 0.15) is 12.1 Å². The molecule has 0 fully saturated rings. The van der Waals surface area contributed by atoms with E-state index in [1.165, 1.54) is 23.1 Å². The number of hydrogen-bond donors (Lipinski definition) is 2. The quantitative estimate of drug-likeness (QED) is 0.523.